The highest BCUT2D eigenvalue weighted by atomic mass is 32.1. The van der Waals surface area contributed by atoms with Crippen molar-refractivity contribution in [3.05, 3.63) is 53.5 Å². The molecule has 134 valence electrons. The van der Waals surface area contributed by atoms with E-state index in [9.17, 15) is 9.59 Å². The van der Waals surface area contributed by atoms with E-state index >= 15 is 0 Å². The lowest BCUT2D eigenvalue weighted by molar-refractivity contribution is -0.142. The molecule has 3 aromatic rings. The van der Waals surface area contributed by atoms with Gasteiger partial charge in [0.05, 0.1) is 11.9 Å². The predicted octanol–water partition coefficient (Wildman–Crippen LogP) is 2.96. The molecule has 7 heteroatoms. The summed E-state index contributed by atoms with van der Waals surface area (Å²) in [5.41, 5.74) is 1.52. The van der Waals surface area contributed by atoms with Gasteiger partial charge in [-0.3, -0.25) is 9.59 Å². The van der Waals surface area contributed by atoms with Crippen LogP contribution in [-0.2, 0) is 16.1 Å². The van der Waals surface area contributed by atoms with Gasteiger partial charge in [0.2, 0.25) is 0 Å². The van der Waals surface area contributed by atoms with Crippen molar-refractivity contribution in [1.29, 1.82) is 0 Å². The number of anilines is 2. The zero-order valence-corrected chi connectivity index (χ0v) is 15.7. The van der Waals surface area contributed by atoms with Crippen LogP contribution in [0.15, 0.2) is 48.0 Å². The van der Waals surface area contributed by atoms with Crippen LogP contribution >= 0.6 is 11.3 Å². The Morgan fingerprint density at radius 1 is 1.12 bits per heavy atom. The Balaban J connectivity index is 1.65. The molecule has 0 bridgehead atoms. The van der Waals surface area contributed by atoms with Gasteiger partial charge in [-0.05, 0) is 34.5 Å². The molecule has 6 nitrogen and oxygen atoms in total. The Hall–Kier alpha value is -2.93. The summed E-state index contributed by atoms with van der Waals surface area (Å²) in [4.78, 5) is 32.1. The van der Waals surface area contributed by atoms with Crippen LogP contribution in [0.4, 0.5) is 11.5 Å². The molecule has 2 aromatic heterocycles. The van der Waals surface area contributed by atoms with Gasteiger partial charge in [-0.15, -0.1) is 11.3 Å². The van der Waals surface area contributed by atoms with Gasteiger partial charge in [-0.25, -0.2) is 4.98 Å². The van der Waals surface area contributed by atoms with E-state index in [0.717, 1.165) is 16.8 Å². The third-order valence-corrected chi connectivity index (χ3v) is 4.99. The summed E-state index contributed by atoms with van der Waals surface area (Å²) in [6, 6.07) is 11.5. The summed E-state index contributed by atoms with van der Waals surface area (Å²) < 4.78 is 1.17. The van der Waals surface area contributed by atoms with E-state index in [1.54, 1.807) is 30.5 Å². The number of carbonyl (C=O) groups excluding carboxylic acids is 2. The van der Waals surface area contributed by atoms with Crippen molar-refractivity contribution in [3.63, 3.8) is 0 Å². The van der Waals surface area contributed by atoms with Crippen LogP contribution in [0.25, 0.3) is 10.1 Å². The van der Waals surface area contributed by atoms with Crippen molar-refractivity contribution in [2.24, 2.45) is 0 Å². The van der Waals surface area contributed by atoms with E-state index in [2.05, 4.69) is 10.3 Å². The van der Waals surface area contributed by atoms with Crippen molar-refractivity contribution >= 4 is 44.7 Å². The molecular weight excluding hydrogens is 348 g/mol. The number of likely N-dealkylation sites (N-methyl/N-ethyl adjacent to an activating group) is 1. The lowest BCUT2D eigenvalue weighted by Gasteiger charge is -2.16. The highest BCUT2D eigenvalue weighted by molar-refractivity contribution is 7.17. The number of benzene rings is 1. The third kappa shape index (κ3) is 3.83. The molecule has 3 rings (SSSR count). The maximum atomic E-state index is 12.4. The van der Waals surface area contributed by atoms with Crippen molar-refractivity contribution in [3.8, 4) is 0 Å². The van der Waals surface area contributed by atoms with E-state index in [0.29, 0.717) is 12.2 Å². The molecule has 0 aliphatic carbocycles. The lowest BCUT2D eigenvalue weighted by Crippen LogP contribution is -2.36. The van der Waals surface area contributed by atoms with Gasteiger partial charge in [0.25, 0.3) is 0 Å². The molecule has 26 heavy (non-hydrogen) atoms. The monoisotopic (exact) mass is 368 g/mol. The Morgan fingerprint density at radius 3 is 2.58 bits per heavy atom. The fourth-order valence-electron chi connectivity index (χ4n) is 2.57. The molecule has 0 aliphatic heterocycles. The molecule has 0 fully saturated rings. The van der Waals surface area contributed by atoms with Crippen LogP contribution in [0.5, 0.6) is 0 Å². The predicted molar refractivity (Wildman–Crippen MR) is 105 cm³/mol. The van der Waals surface area contributed by atoms with E-state index in [1.807, 2.05) is 48.6 Å². The number of hydrogen-bond acceptors (Lipinski definition) is 5. The van der Waals surface area contributed by atoms with Crippen LogP contribution in [0, 0.1) is 0 Å². The number of hydrogen-bond donors (Lipinski definition) is 1. The van der Waals surface area contributed by atoms with Gasteiger partial charge in [-0.2, -0.15) is 0 Å². The van der Waals surface area contributed by atoms with Crippen molar-refractivity contribution in [1.82, 2.24) is 9.88 Å². The lowest BCUT2D eigenvalue weighted by atomic mass is 10.1. The first-order valence-electron chi connectivity index (χ1n) is 8.10. The van der Waals surface area contributed by atoms with Crippen LogP contribution in [-0.4, -0.2) is 42.8 Å². The molecule has 1 N–H and O–H groups in total. The topological polar surface area (TPSA) is 65.5 Å². The second-order valence-electron chi connectivity index (χ2n) is 6.17. The number of aromatic nitrogens is 1. The number of fused-ring (bicyclic) bond motifs is 1. The minimum absolute atomic E-state index is 0.383. The Bertz CT molecular complexity index is 934. The minimum atomic E-state index is -0.675. The van der Waals surface area contributed by atoms with Crippen LogP contribution in [0.2, 0.25) is 0 Å². The SMILES string of the molecule is CN(Cc1csc2ccccc12)C(=O)C(=O)Nc1ccc(N(C)C)nc1. The fraction of sp³-hybridized carbons (Fsp3) is 0.211. The van der Waals surface area contributed by atoms with E-state index < -0.39 is 11.8 Å². The number of carbonyl (C=O) groups is 2. The van der Waals surface area contributed by atoms with Gasteiger partial charge in [0, 0.05) is 32.4 Å². The summed E-state index contributed by atoms with van der Waals surface area (Å²) in [5, 5.41) is 5.73. The smallest absolute Gasteiger partial charge is 0.313 e. The van der Waals surface area contributed by atoms with Gasteiger partial charge < -0.3 is 15.1 Å². The molecule has 0 saturated carbocycles. The summed E-state index contributed by atoms with van der Waals surface area (Å²) in [5.74, 6) is -0.487. The molecule has 0 saturated heterocycles. The highest BCUT2D eigenvalue weighted by Crippen LogP contribution is 2.26. The van der Waals surface area contributed by atoms with Crippen LogP contribution in [0.3, 0.4) is 0 Å². The number of nitrogens with one attached hydrogen (secondary N) is 1. The second-order valence-corrected chi connectivity index (χ2v) is 7.08. The number of amides is 2. The van der Waals surface area contributed by atoms with Crippen LogP contribution < -0.4 is 10.2 Å². The molecule has 2 amide bonds. The standard InChI is InChI=1S/C19H20N4O2S/c1-22(2)17-9-8-14(10-20-17)21-18(24)19(25)23(3)11-13-12-26-16-7-5-4-6-15(13)16/h4-10,12H,11H2,1-3H3,(H,21,24). The second kappa shape index (κ2) is 7.53. The molecule has 0 atom stereocenters. The van der Waals surface area contributed by atoms with E-state index in [-0.39, 0.29) is 0 Å². The summed E-state index contributed by atoms with van der Waals surface area (Å²) >= 11 is 1.63. The largest absolute Gasteiger partial charge is 0.363 e. The van der Waals surface area contributed by atoms with Gasteiger partial charge in [0.15, 0.2) is 0 Å². The minimum Gasteiger partial charge on any atom is -0.363 e. The first-order valence-corrected chi connectivity index (χ1v) is 8.98. The zero-order valence-electron chi connectivity index (χ0n) is 14.9. The normalized spacial score (nSPS) is 10.6. The molecule has 0 aliphatic rings. The van der Waals surface area contributed by atoms with Gasteiger partial charge >= 0.3 is 11.8 Å². The molecule has 2 heterocycles. The third-order valence-electron chi connectivity index (χ3n) is 3.97. The quantitative estimate of drug-likeness (QED) is 0.719. The van der Waals surface area contributed by atoms with Gasteiger partial charge in [-0.1, -0.05) is 18.2 Å². The van der Waals surface area contributed by atoms with Crippen molar-refractivity contribution in [2.45, 2.75) is 6.54 Å². The Morgan fingerprint density at radius 2 is 1.88 bits per heavy atom. The first kappa shape index (κ1) is 17.9. The molecule has 0 radical (unpaired) electrons. The molecule has 0 spiro atoms. The number of rotatable bonds is 4. The summed E-state index contributed by atoms with van der Waals surface area (Å²) in [6.07, 6.45) is 1.53. The fourth-order valence-corrected chi connectivity index (χ4v) is 3.52. The number of nitrogens with zero attached hydrogens (tertiary/aromatic N) is 3. The average Bonchev–Trinajstić information content (AvgIpc) is 3.04. The molecule has 0 unspecified atom stereocenters. The molecule has 1 aromatic carbocycles. The zero-order chi connectivity index (χ0) is 18.7. The Labute approximate surface area is 156 Å². The van der Waals surface area contributed by atoms with Crippen molar-refractivity contribution in [2.75, 3.05) is 31.4 Å². The maximum absolute atomic E-state index is 12.4. The maximum Gasteiger partial charge on any atom is 0.313 e. The highest BCUT2D eigenvalue weighted by Gasteiger charge is 2.20. The number of thiophene rings is 1. The Kier molecular flexibility index (Phi) is 5.18. The first-order chi connectivity index (χ1) is 12.5. The average molecular weight is 368 g/mol. The number of pyridine rings is 1. The van der Waals surface area contributed by atoms with E-state index in [4.69, 9.17) is 0 Å². The van der Waals surface area contributed by atoms with Crippen LogP contribution in [0.1, 0.15) is 5.56 Å². The van der Waals surface area contributed by atoms with Gasteiger partial charge in [0.1, 0.15) is 5.82 Å². The summed E-state index contributed by atoms with van der Waals surface area (Å²) in [6.45, 7) is 0.383. The van der Waals surface area contributed by atoms with Crippen molar-refractivity contribution < 1.29 is 9.59 Å². The molecular formula is C19H20N4O2S. The summed E-state index contributed by atoms with van der Waals surface area (Å²) in [7, 11) is 5.39. The van der Waals surface area contributed by atoms with E-state index in [1.165, 1.54) is 15.8 Å².